The molecule has 0 unspecified atom stereocenters. The molecule has 0 aliphatic heterocycles. The van der Waals surface area contributed by atoms with Gasteiger partial charge in [-0.15, -0.1) is 0 Å². The molecule has 0 atom stereocenters. The molecule has 1 N–H and O–H groups in total. The highest BCUT2D eigenvalue weighted by Gasteiger charge is 2.01. The number of hydrogen-bond donors (Lipinski definition) is 1. The zero-order valence-corrected chi connectivity index (χ0v) is 14.7. The van der Waals surface area contributed by atoms with Gasteiger partial charge in [0.05, 0.1) is 12.8 Å². The summed E-state index contributed by atoms with van der Waals surface area (Å²) in [5.74, 6) is 1.18. The van der Waals surface area contributed by atoms with Gasteiger partial charge in [-0.2, -0.15) is 5.10 Å². The standard InChI is InChI=1S/C20H24N2O3/c1-3-13-24-18-11-7-17(8-12-18)14-21-22-20(23)15-25-19-9-5-16(4-2)6-10-19/h5-12,14H,3-4,13,15H2,1-2H3,(H,22,23)/b21-14+. The molecule has 1 amide bonds. The minimum absolute atomic E-state index is 0.0768. The summed E-state index contributed by atoms with van der Waals surface area (Å²) in [6, 6.07) is 15.2. The molecule has 0 spiro atoms. The molecular formula is C20H24N2O3. The Balaban J connectivity index is 1.73. The molecule has 0 bridgehead atoms. The third kappa shape index (κ3) is 6.67. The van der Waals surface area contributed by atoms with E-state index in [-0.39, 0.29) is 12.5 Å². The van der Waals surface area contributed by atoms with Crippen molar-refractivity contribution >= 4 is 12.1 Å². The van der Waals surface area contributed by atoms with E-state index in [1.54, 1.807) is 6.21 Å². The Morgan fingerprint density at radius 3 is 2.28 bits per heavy atom. The number of rotatable bonds is 9. The lowest BCUT2D eigenvalue weighted by Gasteiger charge is -2.06. The average Bonchev–Trinajstić information content (AvgIpc) is 2.66. The molecule has 2 aromatic carbocycles. The number of nitrogens with one attached hydrogen (secondary N) is 1. The summed E-state index contributed by atoms with van der Waals surface area (Å²) in [6.07, 6.45) is 3.53. The van der Waals surface area contributed by atoms with E-state index >= 15 is 0 Å². The van der Waals surface area contributed by atoms with Crippen LogP contribution in [0.2, 0.25) is 0 Å². The average molecular weight is 340 g/mol. The number of ether oxygens (including phenoxy) is 2. The van der Waals surface area contributed by atoms with Crippen molar-refractivity contribution in [3.05, 3.63) is 59.7 Å². The number of aryl methyl sites for hydroxylation is 1. The summed E-state index contributed by atoms with van der Waals surface area (Å²) in [5.41, 5.74) is 4.55. The molecule has 0 saturated carbocycles. The van der Waals surface area contributed by atoms with Gasteiger partial charge in [-0.3, -0.25) is 4.79 Å². The Labute approximate surface area is 148 Å². The van der Waals surface area contributed by atoms with Gasteiger partial charge in [0.2, 0.25) is 0 Å². The molecule has 5 heteroatoms. The van der Waals surface area contributed by atoms with Crippen molar-refractivity contribution < 1.29 is 14.3 Å². The van der Waals surface area contributed by atoms with Crippen LogP contribution in [0, 0.1) is 0 Å². The predicted octanol–water partition coefficient (Wildman–Crippen LogP) is 3.57. The van der Waals surface area contributed by atoms with E-state index in [9.17, 15) is 4.79 Å². The van der Waals surface area contributed by atoms with Crippen LogP contribution >= 0.6 is 0 Å². The smallest absolute Gasteiger partial charge is 0.277 e. The number of amides is 1. The molecule has 0 aliphatic carbocycles. The van der Waals surface area contributed by atoms with Crippen LogP contribution in [0.3, 0.4) is 0 Å². The van der Waals surface area contributed by atoms with Crippen LogP contribution in [-0.2, 0) is 11.2 Å². The van der Waals surface area contributed by atoms with Crippen LogP contribution in [0.4, 0.5) is 0 Å². The monoisotopic (exact) mass is 340 g/mol. The third-order valence-electron chi connectivity index (χ3n) is 3.46. The number of hydrogen-bond acceptors (Lipinski definition) is 4. The lowest BCUT2D eigenvalue weighted by molar-refractivity contribution is -0.123. The van der Waals surface area contributed by atoms with E-state index in [0.717, 1.165) is 24.2 Å². The lowest BCUT2D eigenvalue weighted by atomic mass is 10.2. The van der Waals surface area contributed by atoms with Crippen molar-refractivity contribution in [2.45, 2.75) is 26.7 Å². The highest BCUT2D eigenvalue weighted by Crippen LogP contribution is 2.12. The maximum absolute atomic E-state index is 11.7. The molecule has 132 valence electrons. The summed E-state index contributed by atoms with van der Waals surface area (Å²) >= 11 is 0. The molecule has 0 saturated heterocycles. The number of benzene rings is 2. The van der Waals surface area contributed by atoms with Gasteiger partial charge < -0.3 is 9.47 Å². The van der Waals surface area contributed by atoms with Crippen LogP contribution in [-0.4, -0.2) is 25.3 Å². The molecule has 5 nitrogen and oxygen atoms in total. The summed E-state index contributed by atoms with van der Waals surface area (Å²) in [6.45, 7) is 4.78. The van der Waals surface area contributed by atoms with E-state index in [2.05, 4.69) is 24.4 Å². The van der Waals surface area contributed by atoms with Gasteiger partial charge in [0, 0.05) is 0 Å². The number of carbonyl (C=O) groups excluding carboxylic acids is 1. The first-order valence-corrected chi connectivity index (χ1v) is 8.47. The van der Waals surface area contributed by atoms with E-state index in [0.29, 0.717) is 12.4 Å². The molecule has 0 fully saturated rings. The zero-order valence-electron chi connectivity index (χ0n) is 14.7. The van der Waals surface area contributed by atoms with Crippen molar-refractivity contribution in [3.8, 4) is 11.5 Å². The molecule has 25 heavy (non-hydrogen) atoms. The highest BCUT2D eigenvalue weighted by molar-refractivity contribution is 5.83. The van der Waals surface area contributed by atoms with E-state index in [1.165, 1.54) is 5.56 Å². The first-order chi connectivity index (χ1) is 12.2. The Morgan fingerprint density at radius 1 is 1.00 bits per heavy atom. The van der Waals surface area contributed by atoms with Crippen molar-refractivity contribution in [2.75, 3.05) is 13.2 Å². The molecule has 0 heterocycles. The number of nitrogens with zero attached hydrogens (tertiary/aromatic N) is 1. The van der Waals surface area contributed by atoms with Crippen molar-refractivity contribution in [1.82, 2.24) is 5.43 Å². The van der Waals surface area contributed by atoms with Crippen LogP contribution in [0.25, 0.3) is 0 Å². The summed E-state index contributed by atoms with van der Waals surface area (Å²) in [5, 5.41) is 3.93. The maximum atomic E-state index is 11.7. The van der Waals surface area contributed by atoms with Gasteiger partial charge in [-0.05, 0) is 60.4 Å². The predicted molar refractivity (Wildman–Crippen MR) is 99.3 cm³/mol. The van der Waals surface area contributed by atoms with E-state index in [4.69, 9.17) is 9.47 Å². The number of carbonyl (C=O) groups is 1. The Hall–Kier alpha value is -2.82. The second-order valence-corrected chi connectivity index (χ2v) is 5.50. The summed E-state index contributed by atoms with van der Waals surface area (Å²) < 4.78 is 10.9. The molecule has 2 aromatic rings. The van der Waals surface area contributed by atoms with Crippen molar-refractivity contribution in [2.24, 2.45) is 5.10 Å². The van der Waals surface area contributed by atoms with Crippen LogP contribution in [0.1, 0.15) is 31.4 Å². The minimum Gasteiger partial charge on any atom is -0.494 e. The molecule has 0 aliphatic rings. The van der Waals surface area contributed by atoms with Gasteiger partial charge in [-0.1, -0.05) is 26.0 Å². The largest absolute Gasteiger partial charge is 0.494 e. The SMILES string of the molecule is CCCOc1ccc(/C=N/NC(=O)COc2ccc(CC)cc2)cc1. The fourth-order valence-corrected chi connectivity index (χ4v) is 2.05. The minimum atomic E-state index is -0.307. The maximum Gasteiger partial charge on any atom is 0.277 e. The Kier molecular flexibility index (Phi) is 7.50. The number of hydrazone groups is 1. The van der Waals surface area contributed by atoms with Crippen LogP contribution < -0.4 is 14.9 Å². The van der Waals surface area contributed by atoms with Crippen LogP contribution in [0.15, 0.2) is 53.6 Å². The van der Waals surface area contributed by atoms with Crippen molar-refractivity contribution in [3.63, 3.8) is 0 Å². The second kappa shape index (κ2) is 10.1. The summed E-state index contributed by atoms with van der Waals surface area (Å²) in [4.78, 5) is 11.7. The van der Waals surface area contributed by atoms with E-state index in [1.807, 2.05) is 48.5 Å². The Morgan fingerprint density at radius 2 is 1.64 bits per heavy atom. The van der Waals surface area contributed by atoms with Gasteiger partial charge in [0.25, 0.3) is 5.91 Å². The zero-order chi connectivity index (χ0) is 17.9. The van der Waals surface area contributed by atoms with E-state index < -0.39 is 0 Å². The molecular weight excluding hydrogens is 316 g/mol. The van der Waals surface area contributed by atoms with Gasteiger partial charge in [-0.25, -0.2) is 5.43 Å². The second-order valence-electron chi connectivity index (χ2n) is 5.50. The van der Waals surface area contributed by atoms with Gasteiger partial charge >= 0.3 is 0 Å². The quantitative estimate of drug-likeness (QED) is 0.561. The first kappa shape index (κ1) is 18.5. The molecule has 2 rings (SSSR count). The lowest BCUT2D eigenvalue weighted by Crippen LogP contribution is -2.24. The third-order valence-corrected chi connectivity index (χ3v) is 3.46. The van der Waals surface area contributed by atoms with Gasteiger partial charge in [0.15, 0.2) is 6.61 Å². The van der Waals surface area contributed by atoms with Crippen LogP contribution in [0.5, 0.6) is 11.5 Å². The molecule has 0 radical (unpaired) electrons. The normalized spacial score (nSPS) is 10.6. The molecule has 0 aromatic heterocycles. The fourth-order valence-electron chi connectivity index (χ4n) is 2.05. The van der Waals surface area contributed by atoms with Gasteiger partial charge in [0.1, 0.15) is 11.5 Å². The van der Waals surface area contributed by atoms with Crippen molar-refractivity contribution in [1.29, 1.82) is 0 Å². The fraction of sp³-hybridized carbons (Fsp3) is 0.300. The Bertz CT molecular complexity index is 679. The first-order valence-electron chi connectivity index (χ1n) is 8.47. The summed E-state index contributed by atoms with van der Waals surface area (Å²) in [7, 11) is 0. The topological polar surface area (TPSA) is 59.9 Å². The highest BCUT2D eigenvalue weighted by atomic mass is 16.5.